The third kappa shape index (κ3) is 2.65. The zero-order valence-corrected chi connectivity index (χ0v) is 9.78. The van der Waals surface area contributed by atoms with Crippen molar-refractivity contribution in [2.75, 3.05) is 5.32 Å². The molecule has 0 saturated carbocycles. The Morgan fingerprint density at radius 2 is 2.35 bits per heavy atom. The number of benzene rings is 1. The normalized spacial score (nSPS) is 10.2. The van der Waals surface area contributed by atoms with Gasteiger partial charge < -0.3 is 9.88 Å². The van der Waals surface area contributed by atoms with Gasteiger partial charge in [-0.1, -0.05) is 17.7 Å². The molecular weight excluding hydrogens is 241 g/mol. The summed E-state index contributed by atoms with van der Waals surface area (Å²) in [5.41, 5.74) is 0.300. The molecule has 2 aromatic rings. The Morgan fingerprint density at radius 3 is 3.12 bits per heavy atom. The summed E-state index contributed by atoms with van der Waals surface area (Å²) in [7, 11) is 0. The molecule has 1 heterocycles. The van der Waals surface area contributed by atoms with Crippen molar-refractivity contribution < 1.29 is 4.39 Å². The van der Waals surface area contributed by atoms with Crippen molar-refractivity contribution in [1.29, 1.82) is 0 Å². The van der Waals surface area contributed by atoms with Crippen LogP contribution in [0.1, 0.15) is 0 Å². The maximum atomic E-state index is 13.5. The van der Waals surface area contributed by atoms with E-state index in [0.29, 0.717) is 23.2 Å². The van der Waals surface area contributed by atoms with Crippen LogP contribution in [-0.4, -0.2) is 9.55 Å². The molecule has 0 fully saturated rings. The van der Waals surface area contributed by atoms with Gasteiger partial charge in [0.15, 0.2) is 0 Å². The first kappa shape index (κ1) is 11.7. The molecule has 0 unspecified atom stereocenters. The number of imidazole rings is 1. The van der Waals surface area contributed by atoms with Crippen molar-refractivity contribution in [3.05, 3.63) is 54.1 Å². The van der Waals surface area contributed by atoms with Crippen LogP contribution in [0, 0.1) is 5.82 Å². The summed E-state index contributed by atoms with van der Waals surface area (Å²) in [6, 6.07) is 4.33. The van der Waals surface area contributed by atoms with Crippen LogP contribution in [-0.2, 0) is 6.54 Å². The van der Waals surface area contributed by atoms with Crippen LogP contribution in [0.3, 0.4) is 0 Å². The topological polar surface area (TPSA) is 29.9 Å². The highest BCUT2D eigenvalue weighted by atomic mass is 35.5. The lowest BCUT2D eigenvalue weighted by atomic mass is 10.3. The van der Waals surface area contributed by atoms with E-state index in [9.17, 15) is 4.39 Å². The minimum atomic E-state index is -0.373. The van der Waals surface area contributed by atoms with Gasteiger partial charge in [0.2, 0.25) is 5.95 Å². The summed E-state index contributed by atoms with van der Waals surface area (Å²) in [5.74, 6) is 0.175. The van der Waals surface area contributed by atoms with Crippen molar-refractivity contribution in [2.24, 2.45) is 0 Å². The lowest BCUT2D eigenvalue weighted by molar-refractivity contribution is 0.631. The van der Waals surface area contributed by atoms with Crippen LogP contribution < -0.4 is 5.32 Å². The highest BCUT2D eigenvalue weighted by molar-refractivity contribution is 6.30. The van der Waals surface area contributed by atoms with Gasteiger partial charge in [0.05, 0.1) is 5.69 Å². The highest BCUT2D eigenvalue weighted by Gasteiger charge is 2.06. The maximum Gasteiger partial charge on any atom is 0.207 e. The van der Waals surface area contributed by atoms with E-state index in [2.05, 4.69) is 16.9 Å². The Kier molecular flexibility index (Phi) is 3.44. The zero-order valence-electron chi connectivity index (χ0n) is 9.03. The van der Waals surface area contributed by atoms with Crippen LogP contribution in [0.5, 0.6) is 0 Å². The minimum Gasteiger partial charge on any atom is -0.323 e. The van der Waals surface area contributed by atoms with Crippen molar-refractivity contribution in [1.82, 2.24) is 9.55 Å². The molecule has 0 aliphatic heterocycles. The van der Waals surface area contributed by atoms with E-state index in [-0.39, 0.29) is 5.82 Å². The first-order chi connectivity index (χ1) is 8.20. The third-order valence-corrected chi connectivity index (χ3v) is 2.45. The van der Waals surface area contributed by atoms with E-state index < -0.39 is 0 Å². The van der Waals surface area contributed by atoms with Gasteiger partial charge in [0.1, 0.15) is 5.82 Å². The Morgan fingerprint density at radius 1 is 1.53 bits per heavy atom. The molecule has 0 amide bonds. The summed E-state index contributed by atoms with van der Waals surface area (Å²) in [5, 5.41) is 3.36. The predicted molar refractivity (Wildman–Crippen MR) is 67.1 cm³/mol. The Balaban J connectivity index is 2.27. The Bertz CT molecular complexity index is 536. The SMILES string of the molecule is C=CCn1ccnc1Nc1cc(Cl)ccc1F. The van der Waals surface area contributed by atoms with E-state index in [4.69, 9.17) is 11.6 Å². The van der Waals surface area contributed by atoms with Crippen LogP contribution in [0.4, 0.5) is 16.0 Å². The lowest BCUT2D eigenvalue weighted by Gasteiger charge is -2.09. The number of rotatable bonds is 4. The summed E-state index contributed by atoms with van der Waals surface area (Å²) in [6.45, 7) is 4.25. The molecule has 0 bridgehead atoms. The monoisotopic (exact) mass is 251 g/mol. The predicted octanol–water partition coefficient (Wildman–Crippen LogP) is 3.61. The van der Waals surface area contributed by atoms with Gasteiger partial charge >= 0.3 is 0 Å². The minimum absolute atomic E-state index is 0.300. The Labute approximate surface area is 104 Å². The number of anilines is 2. The van der Waals surface area contributed by atoms with Crippen LogP contribution in [0.2, 0.25) is 5.02 Å². The quantitative estimate of drug-likeness (QED) is 0.842. The molecule has 0 atom stereocenters. The number of allylic oxidation sites excluding steroid dienone is 1. The molecule has 0 radical (unpaired) electrons. The second kappa shape index (κ2) is 5.01. The number of aromatic nitrogens is 2. The molecule has 1 aromatic carbocycles. The molecule has 5 heteroatoms. The van der Waals surface area contributed by atoms with Gasteiger partial charge in [-0.3, -0.25) is 0 Å². The van der Waals surface area contributed by atoms with Crippen LogP contribution >= 0.6 is 11.6 Å². The molecule has 0 aliphatic carbocycles. The molecule has 0 aliphatic rings. The van der Waals surface area contributed by atoms with Crippen molar-refractivity contribution in [2.45, 2.75) is 6.54 Å². The molecule has 1 aromatic heterocycles. The fourth-order valence-electron chi connectivity index (χ4n) is 1.43. The molecule has 88 valence electrons. The second-order valence-corrected chi connectivity index (χ2v) is 3.88. The lowest BCUT2D eigenvalue weighted by Crippen LogP contribution is -2.03. The van der Waals surface area contributed by atoms with Gasteiger partial charge in [-0.2, -0.15) is 0 Å². The van der Waals surface area contributed by atoms with Gasteiger partial charge in [-0.05, 0) is 18.2 Å². The molecule has 0 spiro atoms. The molecule has 17 heavy (non-hydrogen) atoms. The average Bonchev–Trinajstić information content (AvgIpc) is 2.72. The summed E-state index contributed by atoms with van der Waals surface area (Å²) >= 11 is 5.81. The summed E-state index contributed by atoms with van der Waals surface area (Å²) < 4.78 is 15.3. The molecular formula is C12H11ClFN3. The van der Waals surface area contributed by atoms with Crippen LogP contribution in [0.15, 0.2) is 43.2 Å². The van der Waals surface area contributed by atoms with Gasteiger partial charge in [-0.15, -0.1) is 6.58 Å². The van der Waals surface area contributed by atoms with E-state index in [1.807, 2.05) is 4.57 Å². The first-order valence-corrected chi connectivity index (χ1v) is 5.42. The largest absolute Gasteiger partial charge is 0.323 e. The fourth-order valence-corrected chi connectivity index (χ4v) is 1.61. The summed E-state index contributed by atoms with van der Waals surface area (Å²) in [6.07, 6.45) is 5.15. The molecule has 0 saturated heterocycles. The fraction of sp³-hybridized carbons (Fsp3) is 0.0833. The molecule has 2 rings (SSSR count). The maximum absolute atomic E-state index is 13.5. The van der Waals surface area contributed by atoms with Gasteiger partial charge in [0, 0.05) is 24.0 Å². The van der Waals surface area contributed by atoms with Crippen molar-refractivity contribution in [3.8, 4) is 0 Å². The third-order valence-electron chi connectivity index (χ3n) is 2.22. The zero-order chi connectivity index (χ0) is 12.3. The number of halogens is 2. The van der Waals surface area contributed by atoms with Crippen LogP contribution in [0.25, 0.3) is 0 Å². The number of hydrogen-bond donors (Lipinski definition) is 1. The Hall–Kier alpha value is -1.81. The average molecular weight is 252 g/mol. The summed E-state index contributed by atoms with van der Waals surface area (Å²) in [4.78, 5) is 4.10. The molecule has 3 nitrogen and oxygen atoms in total. The standard InChI is InChI=1S/C12H11ClFN3/c1-2-6-17-7-5-15-12(17)16-11-8-9(13)3-4-10(11)14/h2-5,7-8H,1,6H2,(H,15,16). The number of nitrogens with one attached hydrogen (secondary N) is 1. The van der Waals surface area contributed by atoms with E-state index in [1.165, 1.54) is 18.2 Å². The number of hydrogen-bond acceptors (Lipinski definition) is 2. The van der Waals surface area contributed by atoms with E-state index >= 15 is 0 Å². The second-order valence-electron chi connectivity index (χ2n) is 3.44. The van der Waals surface area contributed by atoms with E-state index in [1.54, 1.807) is 18.5 Å². The highest BCUT2D eigenvalue weighted by Crippen LogP contribution is 2.22. The smallest absolute Gasteiger partial charge is 0.207 e. The number of nitrogens with zero attached hydrogens (tertiary/aromatic N) is 2. The first-order valence-electron chi connectivity index (χ1n) is 5.05. The molecule has 1 N–H and O–H groups in total. The van der Waals surface area contributed by atoms with E-state index in [0.717, 1.165) is 0 Å². The van der Waals surface area contributed by atoms with Gasteiger partial charge in [-0.25, -0.2) is 9.37 Å². The van der Waals surface area contributed by atoms with Crippen molar-refractivity contribution in [3.63, 3.8) is 0 Å². The van der Waals surface area contributed by atoms with Crippen molar-refractivity contribution >= 4 is 23.2 Å². The van der Waals surface area contributed by atoms with Gasteiger partial charge in [0.25, 0.3) is 0 Å².